The predicted octanol–water partition coefficient (Wildman–Crippen LogP) is 0.227. The van der Waals surface area contributed by atoms with Gasteiger partial charge in [0.05, 0.1) is 18.0 Å². The predicted molar refractivity (Wildman–Crippen MR) is 46.5 cm³/mol. The van der Waals surface area contributed by atoms with E-state index in [1.54, 1.807) is 0 Å². The summed E-state index contributed by atoms with van der Waals surface area (Å²) in [4.78, 5) is 0. The highest BCUT2D eigenvalue weighted by atomic mass is 15.3. The smallest absolute Gasteiger partial charge is 0.0614 e. The van der Waals surface area contributed by atoms with E-state index >= 15 is 0 Å². The summed E-state index contributed by atoms with van der Waals surface area (Å²) in [7, 11) is 0. The summed E-state index contributed by atoms with van der Waals surface area (Å²) in [6.45, 7) is 4.24. The van der Waals surface area contributed by atoms with Gasteiger partial charge >= 0.3 is 0 Å². The summed E-state index contributed by atoms with van der Waals surface area (Å²) in [6.07, 6.45) is 3.47. The third kappa shape index (κ3) is 2.25. The molecule has 0 aliphatic carbocycles. The average Bonchev–Trinajstić information content (AvgIpc) is 2.38. The molecule has 0 amide bonds. The van der Waals surface area contributed by atoms with Crippen molar-refractivity contribution in [2.45, 2.75) is 12.8 Å². The highest BCUT2D eigenvalue weighted by molar-refractivity contribution is 6.08. The topological polar surface area (TPSA) is 62.8 Å². The molecule has 0 atom stereocenters. The van der Waals surface area contributed by atoms with Gasteiger partial charge in [-0.25, -0.2) is 0 Å². The summed E-state index contributed by atoms with van der Waals surface area (Å²) in [5.74, 6) is 5.13. The Balaban J connectivity index is 2.32. The van der Waals surface area contributed by atoms with Gasteiger partial charge in [-0.1, -0.05) is 6.08 Å². The lowest BCUT2D eigenvalue weighted by atomic mass is 10.1. The van der Waals surface area contributed by atoms with Crippen LogP contribution in [0.25, 0.3) is 0 Å². The van der Waals surface area contributed by atoms with Crippen molar-refractivity contribution < 1.29 is 0 Å². The van der Waals surface area contributed by atoms with Gasteiger partial charge in [0.25, 0.3) is 0 Å². The highest BCUT2D eigenvalue weighted by Crippen LogP contribution is 2.04. The molecule has 1 rings (SSSR count). The number of nitrogens with two attached hydrogens (primary N) is 1. The van der Waals surface area contributed by atoms with Gasteiger partial charge in [0.1, 0.15) is 0 Å². The summed E-state index contributed by atoms with van der Waals surface area (Å²) < 4.78 is 0. The SMILES string of the molecule is C=CCC1=NN=C(CNN)C1. The average molecular weight is 152 g/mol. The van der Waals surface area contributed by atoms with E-state index in [1.165, 1.54) is 0 Å². The quantitative estimate of drug-likeness (QED) is 0.344. The maximum absolute atomic E-state index is 5.13. The van der Waals surface area contributed by atoms with Crippen LogP contribution < -0.4 is 11.3 Å². The van der Waals surface area contributed by atoms with E-state index < -0.39 is 0 Å². The van der Waals surface area contributed by atoms with E-state index in [2.05, 4.69) is 22.2 Å². The van der Waals surface area contributed by atoms with E-state index in [0.717, 1.165) is 24.3 Å². The van der Waals surface area contributed by atoms with Crippen molar-refractivity contribution >= 4 is 11.4 Å². The summed E-state index contributed by atoms with van der Waals surface area (Å²) >= 11 is 0. The largest absolute Gasteiger partial charge is 0.271 e. The molecule has 1 aliphatic heterocycles. The van der Waals surface area contributed by atoms with Gasteiger partial charge in [0.2, 0.25) is 0 Å². The Morgan fingerprint density at radius 1 is 1.55 bits per heavy atom. The molecule has 4 heteroatoms. The Kier molecular flexibility index (Phi) is 2.95. The number of hydrogen-bond donors (Lipinski definition) is 2. The fourth-order valence-corrected chi connectivity index (χ4v) is 0.943. The minimum Gasteiger partial charge on any atom is -0.271 e. The zero-order valence-corrected chi connectivity index (χ0v) is 6.38. The molecule has 0 saturated carbocycles. The van der Waals surface area contributed by atoms with Crippen molar-refractivity contribution in [3.63, 3.8) is 0 Å². The van der Waals surface area contributed by atoms with E-state index in [0.29, 0.717) is 6.54 Å². The lowest BCUT2D eigenvalue weighted by Gasteiger charge is -1.96. The second-order valence-electron chi connectivity index (χ2n) is 2.38. The van der Waals surface area contributed by atoms with E-state index in [1.807, 2.05) is 6.08 Å². The Hall–Kier alpha value is -1.00. The van der Waals surface area contributed by atoms with Gasteiger partial charge < -0.3 is 0 Å². The molecule has 1 heterocycles. The molecule has 1 aliphatic rings. The van der Waals surface area contributed by atoms with Crippen molar-refractivity contribution in [2.24, 2.45) is 16.0 Å². The summed E-state index contributed by atoms with van der Waals surface area (Å²) in [5, 5.41) is 7.90. The first-order chi connectivity index (χ1) is 5.36. The zero-order valence-electron chi connectivity index (χ0n) is 6.38. The molecule has 3 N–H and O–H groups in total. The van der Waals surface area contributed by atoms with Crippen LogP contribution >= 0.6 is 0 Å². The molecule has 0 aromatic carbocycles. The molecular formula is C7H12N4. The number of nitrogens with one attached hydrogen (secondary N) is 1. The number of hydrogen-bond acceptors (Lipinski definition) is 4. The monoisotopic (exact) mass is 152 g/mol. The molecule has 60 valence electrons. The molecule has 0 saturated heterocycles. The Bertz CT molecular complexity index is 204. The van der Waals surface area contributed by atoms with Crippen LogP contribution in [0.4, 0.5) is 0 Å². The molecule has 0 fully saturated rings. The number of hydrazine groups is 1. The van der Waals surface area contributed by atoms with Crippen LogP contribution in [0.2, 0.25) is 0 Å². The normalized spacial score (nSPS) is 16.1. The van der Waals surface area contributed by atoms with Crippen molar-refractivity contribution in [1.82, 2.24) is 5.43 Å². The van der Waals surface area contributed by atoms with Crippen LogP contribution in [0.1, 0.15) is 12.8 Å². The van der Waals surface area contributed by atoms with E-state index in [4.69, 9.17) is 5.84 Å². The van der Waals surface area contributed by atoms with Crippen LogP contribution in [0, 0.1) is 0 Å². The molecule has 0 bridgehead atoms. The summed E-state index contributed by atoms with van der Waals surface area (Å²) in [5.41, 5.74) is 4.59. The van der Waals surface area contributed by atoms with Crippen molar-refractivity contribution in [2.75, 3.05) is 6.54 Å². The van der Waals surface area contributed by atoms with Crippen molar-refractivity contribution in [1.29, 1.82) is 0 Å². The van der Waals surface area contributed by atoms with E-state index in [9.17, 15) is 0 Å². The van der Waals surface area contributed by atoms with Gasteiger partial charge in [-0.15, -0.1) is 6.58 Å². The molecular weight excluding hydrogens is 140 g/mol. The number of rotatable bonds is 4. The standard InChI is InChI=1S/C7H12N4/c1-2-3-6-4-7(5-9-8)11-10-6/h2,9H,1,3-5,8H2. The zero-order chi connectivity index (χ0) is 8.10. The fraction of sp³-hybridized carbons (Fsp3) is 0.429. The van der Waals surface area contributed by atoms with Gasteiger partial charge in [-0.2, -0.15) is 10.2 Å². The first-order valence-corrected chi connectivity index (χ1v) is 3.52. The van der Waals surface area contributed by atoms with Crippen LogP contribution in [0.3, 0.4) is 0 Å². The number of nitrogens with zero attached hydrogens (tertiary/aromatic N) is 2. The molecule has 0 unspecified atom stereocenters. The third-order valence-electron chi connectivity index (χ3n) is 1.43. The van der Waals surface area contributed by atoms with Crippen molar-refractivity contribution in [3.05, 3.63) is 12.7 Å². The maximum Gasteiger partial charge on any atom is 0.0614 e. The van der Waals surface area contributed by atoms with E-state index in [-0.39, 0.29) is 0 Å². The first-order valence-electron chi connectivity index (χ1n) is 3.52. The number of allylic oxidation sites excluding steroid dienone is 1. The van der Waals surface area contributed by atoms with Crippen LogP contribution in [0.5, 0.6) is 0 Å². The van der Waals surface area contributed by atoms with Crippen molar-refractivity contribution in [3.8, 4) is 0 Å². The summed E-state index contributed by atoms with van der Waals surface area (Å²) in [6, 6.07) is 0. The molecule has 4 nitrogen and oxygen atoms in total. The molecule has 11 heavy (non-hydrogen) atoms. The fourth-order valence-electron chi connectivity index (χ4n) is 0.943. The Labute approximate surface area is 65.9 Å². The first kappa shape index (κ1) is 8.10. The second-order valence-corrected chi connectivity index (χ2v) is 2.38. The van der Waals surface area contributed by atoms with Gasteiger partial charge in [-0.3, -0.25) is 11.3 Å². The molecule has 0 aromatic rings. The Morgan fingerprint density at radius 3 is 2.91 bits per heavy atom. The highest BCUT2D eigenvalue weighted by Gasteiger charge is 2.09. The maximum atomic E-state index is 5.13. The molecule has 0 radical (unpaired) electrons. The third-order valence-corrected chi connectivity index (χ3v) is 1.43. The minimum atomic E-state index is 0.615. The van der Waals surface area contributed by atoms with Crippen LogP contribution in [-0.4, -0.2) is 18.0 Å². The molecule has 0 aromatic heterocycles. The van der Waals surface area contributed by atoms with Gasteiger partial charge in [-0.05, 0) is 0 Å². The van der Waals surface area contributed by atoms with Crippen LogP contribution in [-0.2, 0) is 0 Å². The van der Waals surface area contributed by atoms with Crippen LogP contribution in [0.15, 0.2) is 22.9 Å². The lowest BCUT2D eigenvalue weighted by Crippen LogP contribution is -2.28. The lowest BCUT2D eigenvalue weighted by molar-refractivity contribution is 0.839. The minimum absolute atomic E-state index is 0.615. The Morgan fingerprint density at radius 2 is 2.27 bits per heavy atom. The second kappa shape index (κ2) is 4.00. The van der Waals surface area contributed by atoms with Gasteiger partial charge in [0, 0.05) is 12.8 Å². The van der Waals surface area contributed by atoms with Gasteiger partial charge in [0.15, 0.2) is 0 Å². The molecule has 0 spiro atoms.